The Morgan fingerprint density at radius 3 is 2.69 bits per heavy atom. The first kappa shape index (κ1) is 20.5. The van der Waals surface area contributed by atoms with Crippen LogP contribution in [-0.4, -0.2) is 24.7 Å². The Morgan fingerprint density at radius 2 is 1.88 bits per heavy atom. The van der Waals surface area contributed by atoms with Crippen molar-refractivity contribution in [2.24, 2.45) is 0 Å². The molecule has 0 unspecified atom stereocenters. The third-order valence-electron chi connectivity index (χ3n) is 4.88. The highest BCUT2D eigenvalue weighted by Crippen LogP contribution is 2.31. The van der Waals surface area contributed by atoms with Crippen molar-refractivity contribution < 1.29 is 4.42 Å². The van der Waals surface area contributed by atoms with E-state index in [9.17, 15) is 0 Å². The van der Waals surface area contributed by atoms with Crippen LogP contribution in [0.5, 0.6) is 0 Å². The second-order valence-corrected chi connectivity index (χ2v) is 8.49. The molecule has 0 fully saturated rings. The van der Waals surface area contributed by atoms with Crippen LogP contribution in [-0.2, 0) is 5.75 Å². The van der Waals surface area contributed by atoms with Gasteiger partial charge in [0.2, 0.25) is 5.89 Å². The molecule has 158 valence electrons. The van der Waals surface area contributed by atoms with Gasteiger partial charge in [0, 0.05) is 34.3 Å². The third-order valence-corrected chi connectivity index (χ3v) is 6.08. The van der Waals surface area contributed by atoms with Crippen molar-refractivity contribution in [3.63, 3.8) is 0 Å². The molecule has 2 aromatic carbocycles. The zero-order valence-corrected chi connectivity index (χ0v) is 18.7. The lowest BCUT2D eigenvalue weighted by Gasteiger charge is -2.12. The molecule has 0 aliphatic rings. The summed E-state index contributed by atoms with van der Waals surface area (Å²) < 4.78 is 7.73. The number of halogens is 1. The Hall–Kier alpha value is -3.42. The number of thioether (sulfide) groups is 1. The summed E-state index contributed by atoms with van der Waals surface area (Å²) in [5.41, 5.74) is 4.71. The van der Waals surface area contributed by atoms with E-state index in [0.717, 1.165) is 39.1 Å². The molecule has 0 atom stereocenters. The first-order valence-corrected chi connectivity index (χ1v) is 11.3. The van der Waals surface area contributed by atoms with E-state index in [1.54, 1.807) is 30.4 Å². The van der Waals surface area contributed by atoms with Gasteiger partial charge in [0.05, 0.1) is 11.4 Å². The summed E-state index contributed by atoms with van der Waals surface area (Å²) in [6.07, 6.45) is 5.21. The van der Waals surface area contributed by atoms with Gasteiger partial charge in [-0.1, -0.05) is 47.6 Å². The van der Waals surface area contributed by atoms with Gasteiger partial charge in [-0.2, -0.15) is 0 Å². The number of hydrogen-bond donors (Lipinski definition) is 0. The van der Waals surface area contributed by atoms with Crippen LogP contribution in [0.2, 0.25) is 5.02 Å². The topological polar surface area (TPSA) is 69.6 Å². The molecule has 0 amide bonds. The van der Waals surface area contributed by atoms with Crippen molar-refractivity contribution >= 4 is 23.4 Å². The van der Waals surface area contributed by atoms with Gasteiger partial charge < -0.3 is 4.42 Å². The first-order chi connectivity index (χ1) is 15.7. The molecule has 0 saturated heterocycles. The first-order valence-electron chi connectivity index (χ1n) is 9.94. The minimum Gasteiger partial charge on any atom is -0.444 e. The average molecular weight is 460 g/mol. The van der Waals surface area contributed by atoms with E-state index in [1.165, 1.54) is 0 Å². The molecule has 8 heteroatoms. The average Bonchev–Trinajstić information content (AvgIpc) is 3.46. The number of nitrogens with zero attached hydrogens (tertiary/aromatic N) is 5. The molecular weight excluding hydrogens is 442 g/mol. The highest BCUT2D eigenvalue weighted by Gasteiger charge is 2.18. The normalized spacial score (nSPS) is 11.1. The standard InChI is InChI=1S/C24H18ClN5OS/c1-16-6-2-3-10-21(16)30-22(18-8-5-11-26-13-18)28-29-24(30)32-15-20-14-31-23(27-20)17-7-4-9-19(25)12-17/h2-14H,15H2,1H3. The van der Waals surface area contributed by atoms with E-state index >= 15 is 0 Å². The Balaban J connectivity index is 1.46. The monoisotopic (exact) mass is 459 g/mol. The van der Waals surface area contributed by atoms with Crippen LogP contribution in [0.4, 0.5) is 0 Å². The zero-order chi connectivity index (χ0) is 21.9. The number of benzene rings is 2. The molecular formula is C24H18ClN5OS. The van der Waals surface area contributed by atoms with Crippen molar-refractivity contribution in [2.45, 2.75) is 17.8 Å². The number of pyridine rings is 1. The van der Waals surface area contributed by atoms with Crippen LogP contribution >= 0.6 is 23.4 Å². The SMILES string of the molecule is Cc1ccccc1-n1c(SCc2coc(-c3cccc(Cl)c3)n2)nnc1-c1cccnc1. The Bertz CT molecular complexity index is 1370. The van der Waals surface area contributed by atoms with Gasteiger partial charge in [-0.25, -0.2) is 4.98 Å². The van der Waals surface area contributed by atoms with Crippen LogP contribution in [0.25, 0.3) is 28.5 Å². The number of rotatable bonds is 6. The van der Waals surface area contributed by atoms with Gasteiger partial charge in [0.25, 0.3) is 0 Å². The van der Waals surface area contributed by atoms with Gasteiger partial charge in [0.1, 0.15) is 6.26 Å². The molecule has 6 nitrogen and oxygen atoms in total. The lowest BCUT2D eigenvalue weighted by molar-refractivity contribution is 0.573. The van der Waals surface area contributed by atoms with Crippen LogP contribution in [0.15, 0.2) is 88.9 Å². The minimum absolute atomic E-state index is 0.541. The summed E-state index contributed by atoms with van der Waals surface area (Å²) in [5, 5.41) is 10.4. The fraction of sp³-hybridized carbons (Fsp3) is 0.0833. The summed E-state index contributed by atoms with van der Waals surface area (Å²) in [7, 11) is 0. The maximum atomic E-state index is 6.09. The summed E-state index contributed by atoms with van der Waals surface area (Å²) in [6.45, 7) is 2.08. The van der Waals surface area contributed by atoms with Gasteiger partial charge >= 0.3 is 0 Å². The van der Waals surface area contributed by atoms with Crippen molar-refractivity contribution in [1.82, 2.24) is 24.7 Å². The molecule has 3 aromatic heterocycles. The maximum absolute atomic E-state index is 6.09. The number of para-hydroxylation sites is 1. The molecule has 5 aromatic rings. The lowest BCUT2D eigenvalue weighted by Crippen LogP contribution is -2.02. The molecule has 0 saturated carbocycles. The molecule has 0 aliphatic heterocycles. The lowest BCUT2D eigenvalue weighted by atomic mass is 10.2. The van der Waals surface area contributed by atoms with Crippen molar-refractivity contribution in [2.75, 3.05) is 0 Å². The number of hydrogen-bond acceptors (Lipinski definition) is 6. The van der Waals surface area contributed by atoms with Crippen LogP contribution in [0, 0.1) is 6.92 Å². The van der Waals surface area contributed by atoms with E-state index in [1.807, 2.05) is 48.5 Å². The second-order valence-electron chi connectivity index (χ2n) is 7.11. The highest BCUT2D eigenvalue weighted by molar-refractivity contribution is 7.98. The summed E-state index contributed by atoms with van der Waals surface area (Å²) in [5.74, 6) is 1.87. The van der Waals surface area contributed by atoms with Crippen molar-refractivity contribution in [3.05, 3.63) is 95.6 Å². The van der Waals surface area contributed by atoms with E-state index in [-0.39, 0.29) is 0 Å². The predicted molar refractivity (Wildman–Crippen MR) is 126 cm³/mol. The molecule has 0 spiro atoms. The van der Waals surface area contributed by atoms with E-state index < -0.39 is 0 Å². The molecule has 0 radical (unpaired) electrons. The van der Waals surface area contributed by atoms with E-state index in [4.69, 9.17) is 16.0 Å². The summed E-state index contributed by atoms with van der Waals surface area (Å²) >= 11 is 7.64. The molecule has 32 heavy (non-hydrogen) atoms. The molecule has 5 rings (SSSR count). The summed E-state index contributed by atoms with van der Waals surface area (Å²) in [6, 6.07) is 19.5. The van der Waals surface area contributed by atoms with Crippen LogP contribution in [0.1, 0.15) is 11.3 Å². The largest absolute Gasteiger partial charge is 0.444 e. The van der Waals surface area contributed by atoms with Crippen molar-refractivity contribution in [3.8, 4) is 28.5 Å². The van der Waals surface area contributed by atoms with Gasteiger partial charge in [0.15, 0.2) is 11.0 Å². The van der Waals surface area contributed by atoms with Gasteiger partial charge in [-0.05, 0) is 48.9 Å². The zero-order valence-electron chi connectivity index (χ0n) is 17.1. The van der Waals surface area contributed by atoms with E-state index in [2.05, 4.69) is 43.8 Å². The van der Waals surface area contributed by atoms with Gasteiger partial charge in [-0.3, -0.25) is 9.55 Å². The van der Waals surface area contributed by atoms with Gasteiger partial charge in [-0.15, -0.1) is 10.2 Å². The number of aromatic nitrogens is 5. The quantitative estimate of drug-likeness (QED) is 0.280. The molecule has 3 heterocycles. The summed E-state index contributed by atoms with van der Waals surface area (Å²) in [4.78, 5) is 8.85. The third kappa shape index (κ3) is 4.17. The maximum Gasteiger partial charge on any atom is 0.226 e. The van der Waals surface area contributed by atoms with E-state index in [0.29, 0.717) is 16.7 Å². The minimum atomic E-state index is 0.541. The molecule has 0 bridgehead atoms. The fourth-order valence-corrected chi connectivity index (χ4v) is 4.36. The fourth-order valence-electron chi connectivity index (χ4n) is 3.34. The van der Waals surface area contributed by atoms with Crippen LogP contribution in [0.3, 0.4) is 0 Å². The molecule has 0 N–H and O–H groups in total. The Labute approximate surface area is 194 Å². The highest BCUT2D eigenvalue weighted by atomic mass is 35.5. The number of aryl methyl sites for hydroxylation is 1. The van der Waals surface area contributed by atoms with Crippen molar-refractivity contribution in [1.29, 1.82) is 0 Å². The second kappa shape index (κ2) is 8.98. The predicted octanol–water partition coefficient (Wildman–Crippen LogP) is 6.24. The molecule has 0 aliphatic carbocycles. The Kier molecular flexibility index (Phi) is 5.75. The van der Waals surface area contributed by atoms with Crippen LogP contribution < -0.4 is 0 Å². The number of oxazole rings is 1. The Morgan fingerprint density at radius 1 is 1.00 bits per heavy atom. The smallest absolute Gasteiger partial charge is 0.226 e.